The molecule has 114 valence electrons. The van der Waals surface area contributed by atoms with Gasteiger partial charge in [-0.05, 0) is 30.9 Å². The molecule has 0 fully saturated rings. The maximum Gasteiger partial charge on any atom is 0.233 e. The first kappa shape index (κ1) is 17.3. The van der Waals surface area contributed by atoms with Crippen molar-refractivity contribution < 1.29 is 13.2 Å². The molecule has 1 unspecified atom stereocenters. The largest absolute Gasteiger partial charge is 0.493 e. The van der Waals surface area contributed by atoms with E-state index in [1.165, 1.54) is 5.56 Å². The zero-order valence-corrected chi connectivity index (χ0v) is 14.3. The van der Waals surface area contributed by atoms with Crippen molar-refractivity contribution in [1.29, 1.82) is 0 Å². The van der Waals surface area contributed by atoms with Gasteiger partial charge in [0.05, 0.1) is 12.4 Å². The van der Waals surface area contributed by atoms with Crippen LogP contribution in [0.2, 0.25) is 0 Å². The molecule has 0 aliphatic heterocycles. The zero-order chi connectivity index (χ0) is 15.6. The molecule has 0 spiro atoms. The maximum absolute atomic E-state index is 11.3. The molecule has 0 heterocycles. The van der Waals surface area contributed by atoms with Crippen LogP contribution in [0.3, 0.4) is 0 Å². The molecular formula is C15H23ClO3S. The summed E-state index contributed by atoms with van der Waals surface area (Å²) < 4.78 is 28.4. The summed E-state index contributed by atoms with van der Waals surface area (Å²) in [6.07, 6.45) is 0. The van der Waals surface area contributed by atoms with Gasteiger partial charge in [-0.25, -0.2) is 8.42 Å². The number of halogens is 1. The molecule has 0 aromatic heterocycles. The Bertz CT molecular complexity index is 559. The van der Waals surface area contributed by atoms with Crippen molar-refractivity contribution in [3.05, 3.63) is 29.3 Å². The highest BCUT2D eigenvalue weighted by molar-refractivity contribution is 8.13. The van der Waals surface area contributed by atoms with E-state index in [2.05, 4.69) is 0 Å². The van der Waals surface area contributed by atoms with Crippen LogP contribution in [0.15, 0.2) is 18.2 Å². The van der Waals surface area contributed by atoms with Gasteiger partial charge in [0.15, 0.2) is 0 Å². The molecule has 0 saturated heterocycles. The molecule has 0 aliphatic rings. The second kappa shape index (κ2) is 6.35. The molecule has 0 amide bonds. The third-order valence-electron chi connectivity index (χ3n) is 3.40. The van der Waals surface area contributed by atoms with Gasteiger partial charge < -0.3 is 4.74 Å². The monoisotopic (exact) mass is 318 g/mol. The summed E-state index contributed by atoms with van der Waals surface area (Å²) in [7, 11) is 1.85. The molecule has 0 aliphatic carbocycles. The van der Waals surface area contributed by atoms with Crippen molar-refractivity contribution in [2.24, 2.45) is 11.3 Å². The highest BCUT2D eigenvalue weighted by Gasteiger charge is 2.29. The fourth-order valence-corrected chi connectivity index (χ4v) is 3.47. The molecular weight excluding hydrogens is 296 g/mol. The molecule has 3 nitrogen and oxygen atoms in total. The third kappa shape index (κ3) is 5.71. The lowest BCUT2D eigenvalue weighted by atomic mass is 9.82. The Morgan fingerprint density at radius 2 is 1.85 bits per heavy atom. The Morgan fingerprint density at radius 1 is 1.25 bits per heavy atom. The summed E-state index contributed by atoms with van der Waals surface area (Å²) in [5.74, 6) is 0.547. The van der Waals surface area contributed by atoms with Gasteiger partial charge in [0.25, 0.3) is 0 Å². The van der Waals surface area contributed by atoms with Gasteiger partial charge in [-0.15, -0.1) is 0 Å². The second-order valence-corrected chi connectivity index (χ2v) is 9.17. The number of hydrogen-bond donors (Lipinski definition) is 0. The summed E-state index contributed by atoms with van der Waals surface area (Å²) in [6.45, 7) is 10.3. The standard InChI is InChI=1S/C15H23ClO3S/c1-11-6-7-14(12(2)8-11)19-9-13(15(3,4)5)10-20(16,17)18/h6-8,13H,9-10H2,1-5H3. The van der Waals surface area contributed by atoms with Gasteiger partial charge in [0, 0.05) is 16.6 Å². The lowest BCUT2D eigenvalue weighted by Crippen LogP contribution is -2.31. The van der Waals surface area contributed by atoms with Gasteiger partial charge in [-0.1, -0.05) is 38.5 Å². The van der Waals surface area contributed by atoms with Crippen LogP contribution >= 0.6 is 10.7 Å². The first-order valence-electron chi connectivity index (χ1n) is 6.61. The van der Waals surface area contributed by atoms with Crippen LogP contribution in [0, 0.1) is 25.2 Å². The van der Waals surface area contributed by atoms with E-state index in [4.69, 9.17) is 15.4 Å². The quantitative estimate of drug-likeness (QED) is 0.773. The SMILES string of the molecule is Cc1ccc(OCC(CS(=O)(=O)Cl)C(C)(C)C)c(C)c1. The molecule has 1 rings (SSSR count). The number of rotatable bonds is 5. The van der Waals surface area contributed by atoms with E-state index < -0.39 is 9.05 Å². The summed E-state index contributed by atoms with van der Waals surface area (Å²) >= 11 is 0. The van der Waals surface area contributed by atoms with Crippen molar-refractivity contribution in [2.75, 3.05) is 12.4 Å². The average Bonchev–Trinajstić information content (AvgIpc) is 2.23. The second-order valence-electron chi connectivity index (χ2n) is 6.35. The third-order valence-corrected chi connectivity index (χ3v) is 4.57. The lowest BCUT2D eigenvalue weighted by molar-refractivity contribution is 0.163. The Labute approximate surface area is 126 Å². The highest BCUT2D eigenvalue weighted by Crippen LogP contribution is 2.29. The van der Waals surface area contributed by atoms with E-state index in [0.29, 0.717) is 6.61 Å². The van der Waals surface area contributed by atoms with E-state index >= 15 is 0 Å². The van der Waals surface area contributed by atoms with Gasteiger partial charge in [0.1, 0.15) is 5.75 Å². The van der Waals surface area contributed by atoms with Crippen molar-refractivity contribution in [3.8, 4) is 5.75 Å². The predicted octanol–water partition coefficient (Wildman–Crippen LogP) is 3.91. The minimum Gasteiger partial charge on any atom is -0.493 e. The Hall–Kier alpha value is -0.740. The van der Waals surface area contributed by atoms with Crippen LogP contribution in [0.1, 0.15) is 31.9 Å². The van der Waals surface area contributed by atoms with Gasteiger partial charge >= 0.3 is 0 Å². The van der Waals surface area contributed by atoms with Crippen molar-refractivity contribution in [3.63, 3.8) is 0 Å². The topological polar surface area (TPSA) is 43.4 Å². The molecule has 0 N–H and O–H groups in total. The van der Waals surface area contributed by atoms with Crippen LogP contribution in [0.4, 0.5) is 0 Å². The van der Waals surface area contributed by atoms with E-state index in [1.54, 1.807) is 0 Å². The molecule has 1 aromatic carbocycles. The van der Waals surface area contributed by atoms with Crippen LogP contribution in [0.5, 0.6) is 5.75 Å². The Balaban J connectivity index is 2.81. The molecule has 0 saturated carbocycles. The van der Waals surface area contributed by atoms with Crippen molar-refractivity contribution in [2.45, 2.75) is 34.6 Å². The van der Waals surface area contributed by atoms with Crippen LogP contribution in [-0.2, 0) is 9.05 Å². The zero-order valence-electron chi connectivity index (χ0n) is 12.7. The van der Waals surface area contributed by atoms with E-state index in [9.17, 15) is 8.42 Å². The fraction of sp³-hybridized carbons (Fsp3) is 0.600. The first-order valence-corrected chi connectivity index (χ1v) is 9.09. The minimum absolute atomic E-state index is 0.0804. The maximum atomic E-state index is 11.3. The fourth-order valence-electron chi connectivity index (χ4n) is 1.94. The average molecular weight is 319 g/mol. The highest BCUT2D eigenvalue weighted by atomic mass is 35.7. The summed E-state index contributed by atoms with van der Waals surface area (Å²) in [5, 5.41) is 0. The van der Waals surface area contributed by atoms with Crippen LogP contribution < -0.4 is 4.74 Å². The first-order chi connectivity index (χ1) is 8.99. The van der Waals surface area contributed by atoms with E-state index in [-0.39, 0.29) is 17.1 Å². The minimum atomic E-state index is -3.54. The van der Waals surface area contributed by atoms with Gasteiger partial charge in [-0.3, -0.25) is 0 Å². The van der Waals surface area contributed by atoms with Gasteiger partial charge in [0.2, 0.25) is 9.05 Å². The van der Waals surface area contributed by atoms with Crippen molar-refractivity contribution >= 4 is 19.7 Å². The molecule has 20 heavy (non-hydrogen) atoms. The van der Waals surface area contributed by atoms with Crippen molar-refractivity contribution in [1.82, 2.24) is 0 Å². The lowest BCUT2D eigenvalue weighted by Gasteiger charge is -2.29. The number of hydrogen-bond acceptors (Lipinski definition) is 3. The summed E-state index contributed by atoms with van der Waals surface area (Å²) in [5.41, 5.74) is 2.03. The number of benzene rings is 1. The van der Waals surface area contributed by atoms with Crippen LogP contribution in [0.25, 0.3) is 0 Å². The Kier molecular flexibility index (Phi) is 5.50. The predicted molar refractivity (Wildman–Crippen MR) is 84.0 cm³/mol. The smallest absolute Gasteiger partial charge is 0.233 e. The summed E-state index contributed by atoms with van der Waals surface area (Å²) in [4.78, 5) is 0. The molecule has 1 atom stereocenters. The number of ether oxygens (including phenoxy) is 1. The molecule has 0 radical (unpaired) electrons. The molecule has 5 heteroatoms. The summed E-state index contributed by atoms with van der Waals surface area (Å²) in [6, 6.07) is 5.94. The van der Waals surface area contributed by atoms with Crippen LogP contribution in [-0.4, -0.2) is 20.8 Å². The molecule has 1 aromatic rings. The van der Waals surface area contributed by atoms with Gasteiger partial charge in [-0.2, -0.15) is 0 Å². The number of aryl methyl sites for hydroxylation is 2. The van der Waals surface area contributed by atoms with E-state index in [0.717, 1.165) is 11.3 Å². The normalized spacial score (nSPS) is 14.1. The molecule has 0 bridgehead atoms. The Morgan fingerprint density at radius 3 is 2.30 bits per heavy atom. The van der Waals surface area contributed by atoms with E-state index in [1.807, 2.05) is 52.8 Å².